The first-order valence-electron chi connectivity index (χ1n) is 4.67. The first-order chi connectivity index (χ1) is 6.47. The lowest BCUT2D eigenvalue weighted by atomic mass is 9.96. The number of ketones is 1. The van der Waals surface area contributed by atoms with Crippen molar-refractivity contribution in [1.29, 1.82) is 0 Å². The van der Waals surface area contributed by atoms with E-state index < -0.39 is 5.54 Å². The quantitative estimate of drug-likeness (QED) is 0.782. The molecule has 0 aliphatic carbocycles. The van der Waals surface area contributed by atoms with Gasteiger partial charge in [0, 0.05) is 30.8 Å². The number of Topliss-reactive ketones (excluding diaryl/α,β-unsaturated/α-hetero) is 1. The fourth-order valence-electron chi connectivity index (χ4n) is 1.30. The van der Waals surface area contributed by atoms with Gasteiger partial charge in [-0.25, -0.2) is 0 Å². The average molecular weight is 192 g/mol. The van der Waals surface area contributed by atoms with Gasteiger partial charge in [-0.2, -0.15) is 0 Å². The number of hydrogen-bond donors (Lipinski definition) is 1. The van der Waals surface area contributed by atoms with Crippen LogP contribution in [0.1, 0.15) is 25.8 Å². The van der Waals surface area contributed by atoms with Crippen molar-refractivity contribution in [3.05, 3.63) is 30.1 Å². The molecule has 0 saturated heterocycles. The first kappa shape index (κ1) is 10.9. The van der Waals surface area contributed by atoms with Crippen molar-refractivity contribution < 1.29 is 4.79 Å². The van der Waals surface area contributed by atoms with Gasteiger partial charge in [0.15, 0.2) is 0 Å². The van der Waals surface area contributed by atoms with Crippen LogP contribution in [0.5, 0.6) is 0 Å². The number of rotatable bonds is 4. The number of pyridine rings is 1. The van der Waals surface area contributed by atoms with E-state index in [2.05, 4.69) is 4.98 Å². The Hall–Kier alpha value is -1.22. The van der Waals surface area contributed by atoms with Crippen molar-refractivity contribution in [3.8, 4) is 0 Å². The molecule has 0 bridgehead atoms. The van der Waals surface area contributed by atoms with Gasteiger partial charge in [0.2, 0.25) is 0 Å². The number of carbonyl (C=O) groups is 1. The van der Waals surface area contributed by atoms with Crippen LogP contribution in [0.15, 0.2) is 24.5 Å². The molecule has 14 heavy (non-hydrogen) atoms. The highest BCUT2D eigenvalue weighted by atomic mass is 16.1. The molecule has 1 aromatic rings. The number of hydrogen-bond acceptors (Lipinski definition) is 3. The Morgan fingerprint density at radius 3 is 2.50 bits per heavy atom. The van der Waals surface area contributed by atoms with E-state index >= 15 is 0 Å². The lowest BCUT2D eigenvalue weighted by molar-refractivity contribution is -0.119. The molecule has 0 radical (unpaired) electrons. The molecule has 0 spiro atoms. The second-order valence-electron chi connectivity index (χ2n) is 4.24. The molecule has 0 aliphatic heterocycles. The zero-order valence-electron chi connectivity index (χ0n) is 8.66. The van der Waals surface area contributed by atoms with Crippen LogP contribution in [-0.4, -0.2) is 16.3 Å². The van der Waals surface area contributed by atoms with E-state index in [0.29, 0.717) is 12.8 Å². The summed E-state index contributed by atoms with van der Waals surface area (Å²) >= 11 is 0. The second-order valence-corrected chi connectivity index (χ2v) is 4.24. The third-order valence-electron chi connectivity index (χ3n) is 1.80. The lowest BCUT2D eigenvalue weighted by Crippen LogP contribution is -2.35. The topological polar surface area (TPSA) is 56.0 Å². The molecular weight excluding hydrogens is 176 g/mol. The summed E-state index contributed by atoms with van der Waals surface area (Å²) in [7, 11) is 0. The Morgan fingerprint density at radius 1 is 1.43 bits per heavy atom. The van der Waals surface area contributed by atoms with Crippen LogP contribution in [0.3, 0.4) is 0 Å². The maximum absolute atomic E-state index is 11.5. The molecule has 0 fully saturated rings. The third kappa shape index (κ3) is 4.14. The van der Waals surface area contributed by atoms with Crippen LogP contribution in [0, 0.1) is 0 Å². The highest BCUT2D eigenvalue weighted by molar-refractivity contribution is 5.81. The highest BCUT2D eigenvalue weighted by Gasteiger charge is 2.16. The van der Waals surface area contributed by atoms with Crippen molar-refractivity contribution in [2.24, 2.45) is 5.73 Å². The Balaban J connectivity index is 2.50. The SMILES string of the molecule is CC(C)(N)CC(=O)Cc1ccncc1. The molecule has 1 aromatic heterocycles. The van der Waals surface area contributed by atoms with Crippen molar-refractivity contribution in [2.45, 2.75) is 32.2 Å². The van der Waals surface area contributed by atoms with Gasteiger partial charge in [-0.3, -0.25) is 9.78 Å². The minimum Gasteiger partial charge on any atom is -0.325 e. The van der Waals surface area contributed by atoms with Crippen LogP contribution < -0.4 is 5.73 Å². The number of carbonyl (C=O) groups excluding carboxylic acids is 1. The number of nitrogens with two attached hydrogens (primary N) is 1. The minimum absolute atomic E-state index is 0.170. The van der Waals surface area contributed by atoms with Gasteiger partial charge in [-0.15, -0.1) is 0 Å². The van der Waals surface area contributed by atoms with Gasteiger partial charge in [-0.05, 0) is 31.5 Å². The summed E-state index contributed by atoms with van der Waals surface area (Å²) < 4.78 is 0. The van der Waals surface area contributed by atoms with Gasteiger partial charge < -0.3 is 5.73 Å². The van der Waals surface area contributed by atoms with E-state index in [9.17, 15) is 4.79 Å². The second kappa shape index (κ2) is 4.33. The number of aromatic nitrogens is 1. The summed E-state index contributed by atoms with van der Waals surface area (Å²) in [6.07, 6.45) is 4.24. The zero-order valence-corrected chi connectivity index (χ0v) is 8.66. The van der Waals surface area contributed by atoms with E-state index in [1.165, 1.54) is 0 Å². The van der Waals surface area contributed by atoms with Gasteiger partial charge in [-0.1, -0.05) is 0 Å². The van der Waals surface area contributed by atoms with Crippen LogP contribution in [-0.2, 0) is 11.2 Å². The number of nitrogens with zero attached hydrogens (tertiary/aromatic N) is 1. The molecule has 1 rings (SSSR count). The molecule has 76 valence electrons. The van der Waals surface area contributed by atoms with E-state index in [1.807, 2.05) is 26.0 Å². The molecule has 0 saturated carbocycles. The molecule has 0 unspecified atom stereocenters. The molecule has 0 amide bonds. The molecule has 0 aromatic carbocycles. The van der Waals surface area contributed by atoms with Crippen molar-refractivity contribution in [2.75, 3.05) is 0 Å². The van der Waals surface area contributed by atoms with Crippen LogP contribution in [0.4, 0.5) is 0 Å². The summed E-state index contributed by atoms with van der Waals surface area (Å²) in [6.45, 7) is 3.72. The first-order valence-corrected chi connectivity index (χ1v) is 4.67. The molecule has 0 aliphatic rings. The van der Waals surface area contributed by atoms with Gasteiger partial charge in [0.25, 0.3) is 0 Å². The van der Waals surface area contributed by atoms with E-state index in [1.54, 1.807) is 12.4 Å². The molecule has 3 nitrogen and oxygen atoms in total. The minimum atomic E-state index is -0.413. The van der Waals surface area contributed by atoms with E-state index in [0.717, 1.165) is 5.56 Å². The van der Waals surface area contributed by atoms with Gasteiger partial charge >= 0.3 is 0 Å². The van der Waals surface area contributed by atoms with Crippen LogP contribution >= 0.6 is 0 Å². The van der Waals surface area contributed by atoms with Gasteiger partial charge in [0.1, 0.15) is 5.78 Å². The van der Waals surface area contributed by atoms with Crippen molar-refractivity contribution in [3.63, 3.8) is 0 Å². The summed E-state index contributed by atoms with van der Waals surface area (Å²) in [5, 5.41) is 0. The molecule has 2 N–H and O–H groups in total. The van der Waals surface area contributed by atoms with E-state index in [-0.39, 0.29) is 5.78 Å². The predicted molar refractivity (Wildman–Crippen MR) is 55.8 cm³/mol. The fraction of sp³-hybridized carbons (Fsp3) is 0.455. The Morgan fingerprint density at radius 2 is 2.00 bits per heavy atom. The maximum atomic E-state index is 11.5. The van der Waals surface area contributed by atoms with Crippen molar-refractivity contribution in [1.82, 2.24) is 4.98 Å². The predicted octanol–water partition coefficient (Wildman–Crippen LogP) is 1.32. The molecule has 0 atom stereocenters. The molecule has 1 heterocycles. The summed E-state index contributed by atoms with van der Waals surface area (Å²) in [6, 6.07) is 3.70. The van der Waals surface area contributed by atoms with Crippen LogP contribution in [0.2, 0.25) is 0 Å². The maximum Gasteiger partial charge on any atom is 0.139 e. The monoisotopic (exact) mass is 192 g/mol. The van der Waals surface area contributed by atoms with Gasteiger partial charge in [0.05, 0.1) is 0 Å². The zero-order chi connectivity index (χ0) is 10.6. The molecule has 3 heteroatoms. The fourth-order valence-corrected chi connectivity index (χ4v) is 1.30. The smallest absolute Gasteiger partial charge is 0.139 e. The normalized spacial score (nSPS) is 11.4. The summed E-state index contributed by atoms with van der Waals surface area (Å²) in [5.41, 5.74) is 6.34. The standard InChI is InChI=1S/C11H16N2O/c1-11(2,12)8-10(14)7-9-3-5-13-6-4-9/h3-6H,7-8,12H2,1-2H3. The Bertz CT molecular complexity index is 301. The average Bonchev–Trinajstić information content (AvgIpc) is 2.02. The summed E-state index contributed by atoms with van der Waals surface area (Å²) in [4.78, 5) is 15.4. The molecular formula is C11H16N2O. The van der Waals surface area contributed by atoms with Crippen LogP contribution in [0.25, 0.3) is 0 Å². The van der Waals surface area contributed by atoms with Crippen molar-refractivity contribution >= 4 is 5.78 Å². The third-order valence-corrected chi connectivity index (χ3v) is 1.80. The highest BCUT2D eigenvalue weighted by Crippen LogP contribution is 2.07. The lowest BCUT2D eigenvalue weighted by Gasteiger charge is -2.16. The largest absolute Gasteiger partial charge is 0.325 e. The summed E-state index contributed by atoms with van der Waals surface area (Å²) in [5.74, 6) is 0.170. The Labute approximate surface area is 84.3 Å². The Kier molecular flexibility index (Phi) is 3.36. The van der Waals surface area contributed by atoms with E-state index in [4.69, 9.17) is 5.73 Å².